The van der Waals surface area contributed by atoms with E-state index in [-0.39, 0.29) is 11.8 Å². The van der Waals surface area contributed by atoms with E-state index in [0.717, 1.165) is 58.5 Å². The van der Waals surface area contributed by atoms with Gasteiger partial charge in [0.15, 0.2) is 5.13 Å². The molecule has 0 saturated carbocycles. The van der Waals surface area contributed by atoms with E-state index in [0.29, 0.717) is 0 Å². The van der Waals surface area contributed by atoms with Crippen molar-refractivity contribution in [3.63, 3.8) is 0 Å². The Morgan fingerprint density at radius 2 is 1.71 bits per heavy atom. The molecule has 2 aromatic carbocycles. The number of rotatable bonds is 4. The summed E-state index contributed by atoms with van der Waals surface area (Å²) in [6.45, 7) is 3.57. The molecule has 0 unspecified atom stereocenters. The van der Waals surface area contributed by atoms with Crippen molar-refractivity contribution in [2.75, 3.05) is 22.9 Å². The molecule has 0 radical (unpaired) electrons. The Balaban J connectivity index is 1.44. The third-order valence-corrected chi connectivity index (χ3v) is 6.75. The summed E-state index contributed by atoms with van der Waals surface area (Å²) >= 11 is 1.56. The van der Waals surface area contributed by atoms with Gasteiger partial charge < -0.3 is 4.90 Å². The first-order valence-corrected chi connectivity index (χ1v) is 11.3. The van der Waals surface area contributed by atoms with E-state index in [2.05, 4.69) is 20.9 Å². The molecule has 6 nitrogen and oxygen atoms in total. The molecule has 31 heavy (non-hydrogen) atoms. The second-order valence-electron chi connectivity index (χ2n) is 7.73. The summed E-state index contributed by atoms with van der Waals surface area (Å²) in [5.41, 5.74) is 2.88. The third kappa shape index (κ3) is 3.88. The standard InChI is InChI=1S/C24H23N5OS/c1-17-7-2-4-9-20(17)29(24-27-19-8-3-5-10-21(19)31-24)22(30)18-11-15-28(16-12-18)23-25-13-6-14-26-23/h2-10,13-14,18H,11-12,15-16H2,1H3. The highest BCUT2D eigenvalue weighted by Crippen LogP contribution is 2.37. The summed E-state index contributed by atoms with van der Waals surface area (Å²) in [5.74, 6) is 0.781. The fourth-order valence-electron chi connectivity index (χ4n) is 4.05. The zero-order valence-corrected chi connectivity index (χ0v) is 18.1. The van der Waals surface area contributed by atoms with Crippen molar-refractivity contribution < 1.29 is 4.79 Å². The van der Waals surface area contributed by atoms with Gasteiger partial charge in [-0.1, -0.05) is 41.7 Å². The predicted molar refractivity (Wildman–Crippen MR) is 125 cm³/mol. The van der Waals surface area contributed by atoms with Gasteiger partial charge in [0.1, 0.15) is 0 Å². The number of fused-ring (bicyclic) bond motifs is 1. The monoisotopic (exact) mass is 429 g/mol. The van der Waals surface area contributed by atoms with Crippen LogP contribution in [0.1, 0.15) is 18.4 Å². The minimum absolute atomic E-state index is 0.0634. The Labute approximate surface area is 185 Å². The summed E-state index contributed by atoms with van der Waals surface area (Å²) in [7, 11) is 0. The minimum Gasteiger partial charge on any atom is -0.341 e. The number of aromatic nitrogens is 3. The van der Waals surface area contributed by atoms with Gasteiger partial charge in [-0.15, -0.1) is 0 Å². The second kappa shape index (κ2) is 8.43. The van der Waals surface area contributed by atoms with Crippen molar-refractivity contribution in [3.8, 4) is 0 Å². The number of aryl methyl sites for hydroxylation is 1. The molecule has 1 amide bonds. The lowest BCUT2D eigenvalue weighted by molar-refractivity contribution is -0.122. The van der Waals surface area contributed by atoms with Crippen molar-refractivity contribution in [2.45, 2.75) is 19.8 Å². The average Bonchev–Trinajstić information content (AvgIpc) is 3.25. The van der Waals surface area contributed by atoms with E-state index < -0.39 is 0 Å². The zero-order chi connectivity index (χ0) is 21.2. The zero-order valence-electron chi connectivity index (χ0n) is 17.3. The molecule has 5 rings (SSSR count). The molecule has 0 atom stereocenters. The van der Waals surface area contributed by atoms with Crippen LogP contribution < -0.4 is 9.80 Å². The third-order valence-electron chi connectivity index (χ3n) is 5.73. The van der Waals surface area contributed by atoms with E-state index >= 15 is 0 Å². The normalized spacial score (nSPS) is 14.7. The van der Waals surface area contributed by atoms with Crippen molar-refractivity contribution >= 4 is 44.2 Å². The number of hydrogen-bond acceptors (Lipinski definition) is 6. The van der Waals surface area contributed by atoms with E-state index in [4.69, 9.17) is 4.98 Å². The van der Waals surface area contributed by atoms with Crippen LogP contribution in [0.25, 0.3) is 10.2 Å². The van der Waals surface area contributed by atoms with Crippen LogP contribution in [-0.2, 0) is 4.79 Å². The molecule has 0 spiro atoms. The maximum atomic E-state index is 13.8. The highest BCUT2D eigenvalue weighted by molar-refractivity contribution is 7.22. The highest BCUT2D eigenvalue weighted by Gasteiger charge is 2.32. The lowest BCUT2D eigenvalue weighted by atomic mass is 9.95. The lowest BCUT2D eigenvalue weighted by Crippen LogP contribution is -2.41. The lowest BCUT2D eigenvalue weighted by Gasteiger charge is -2.33. The number of carbonyl (C=O) groups excluding carboxylic acids is 1. The van der Waals surface area contributed by atoms with Gasteiger partial charge in [0.2, 0.25) is 11.9 Å². The molecule has 1 aliphatic rings. The van der Waals surface area contributed by atoms with Gasteiger partial charge in [-0.25, -0.2) is 15.0 Å². The van der Waals surface area contributed by atoms with Gasteiger partial charge in [0.25, 0.3) is 0 Å². The average molecular weight is 430 g/mol. The van der Waals surface area contributed by atoms with Gasteiger partial charge in [-0.3, -0.25) is 9.69 Å². The van der Waals surface area contributed by atoms with Crippen LogP contribution in [0.2, 0.25) is 0 Å². The van der Waals surface area contributed by atoms with Crippen LogP contribution in [0.4, 0.5) is 16.8 Å². The molecule has 0 N–H and O–H groups in total. The molecule has 156 valence electrons. The Morgan fingerprint density at radius 3 is 2.45 bits per heavy atom. The van der Waals surface area contributed by atoms with Crippen molar-refractivity contribution in [3.05, 3.63) is 72.6 Å². The molecule has 3 heterocycles. The Hall–Kier alpha value is -3.32. The summed E-state index contributed by atoms with van der Waals surface area (Å²) in [6.07, 6.45) is 5.05. The topological polar surface area (TPSA) is 62.2 Å². The van der Waals surface area contributed by atoms with Gasteiger partial charge in [0, 0.05) is 31.4 Å². The second-order valence-corrected chi connectivity index (χ2v) is 8.74. The first kappa shape index (κ1) is 19.6. The number of thiazole rings is 1. The first-order valence-electron chi connectivity index (χ1n) is 10.5. The quantitative estimate of drug-likeness (QED) is 0.458. The van der Waals surface area contributed by atoms with Crippen LogP contribution in [0.5, 0.6) is 0 Å². The maximum Gasteiger partial charge on any atom is 0.236 e. The summed E-state index contributed by atoms with van der Waals surface area (Å²) < 4.78 is 1.08. The van der Waals surface area contributed by atoms with Crippen LogP contribution in [0, 0.1) is 12.8 Å². The largest absolute Gasteiger partial charge is 0.341 e. The number of anilines is 3. The number of nitrogens with zero attached hydrogens (tertiary/aromatic N) is 5. The molecule has 1 saturated heterocycles. The molecular formula is C24H23N5OS. The van der Waals surface area contributed by atoms with Crippen molar-refractivity contribution in [1.29, 1.82) is 0 Å². The SMILES string of the molecule is Cc1ccccc1N(C(=O)C1CCN(c2ncccn2)CC1)c1nc2ccccc2s1. The molecule has 0 aliphatic carbocycles. The van der Waals surface area contributed by atoms with Crippen LogP contribution >= 0.6 is 11.3 Å². The molecule has 7 heteroatoms. The van der Waals surface area contributed by atoms with Crippen molar-refractivity contribution in [1.82, 2.24) is 15.0 Å². The highest BCUT2D eigenvalue weighted by atomic mass is 32.1. The van der Waals surface area contributed by atoms with E-state index in [1.165, 1.54) is 0 Å². The summed E-state index contributed by atoms with van der Waals surface area (Å²) in [5, 5.41) is 0.731. The van der Waals surface area contributed by atoms with Crippen LogP contribution in [0.15, 0.2) is 67.0 Å². The Bertz CT molecular complexity index is 1170. The van der Waals surface area contributed by atoms with Crippen LogP contribution in [-0.4, -0.2) is 33.9 Å². The number of piperidine rings is 1. The number of carbonyl (C=O) groups is 1. The molecule has 2 aromatic heterocycles. The smallest absolute Gasteiger partial charge is 0.236 e. The summed E-state index contributed by atoms with van der Waals surface area (Å²) in [4.78, 5) is 31.3. The fourth-order valence-corrected chi connectivity index (χ4v) is 5.03. The molecule has 0 bridgehead atoms. The van der Waals surface area contributed by atoms with E-state index in [1.807, 2.05) is 60.4 Å². The molecule has 1 aliphatic heterocycles. The number of para-hydroxylation sites is 2. The van der Waals surface area contributed by atoms with E-state index in [9.17, 15) is 4.79 Å². The van der Waals surface area contributed by atoms with Crippen molar-refractivity contribution in [2.24, 2.45) is 5.92 Å². The Kier molecular flexibility index (Phi) is 5.34. The van der Waals surface area contributed by atoms with E-state index in [1.54, 1.807) is 23.7 Å². The van der Waals surface area contributed by atoms with Gasteiger partial charge in [-0.2, -0.15) is 0 Å². The summed E-state index contributed by atoms with van der Waals surface area (Å²) in [6, 6.07) is 17.9. The number of hydrogen-bond donors (Lipinski definition) is 0. The minimum atomic E-state index is -0.0634. The van der Waals surface area contributed by atoms with Crippen LogP contribution in [0.3, 0.4) is 0 Å². The van der Waals surface area contributed by atoms with Gasteiger partial charge >= 0.3 is 0 Å². The molecule has 1 fully saturated rings. The fraction of sp³-hybridized carbons (Fsp3) is 0.250. The first-order chi connectivity index (χ1) is 15.2. The number of amides is 1. The van der Waals surface area contributed by atoms with Gasteiger partial charge in [-0.05, 0) is 49.6 Å². The predicted octanol–water partition coefficient (Wildman–Crippen LogP) is 4.98. The maximum absolute atomic E-state index is 13.8. The number of benzene rings is 2. The van der Waals surface area contributed by atoms with Gasteiger partial charge in [0.05, 0.1) is 15.9 Å². The molecule has 4 aromatic rings. The molecular weight excluding hydrogens is 406 g/mol. The Morgan fingerprint density at radius 1 is 1.00 bits per heavy atom.